The van der Waals surface area contributed by atoms with Gasteiger partial charge in [0.2, 0.25) is 0 Å². The first-order chi connectivity index (χ1) is 27.0. The molecule has 0 saturated heterocycles. The highest BCUT2D eigenvalue weighted by Crippen LogP contribution is 2.38. The molecule has 312 valence electrons. The Morgan fingerprint density at radius 1 is 0.491 bits per heavy atom. The summed E-state index contributed by atoms with van der Waals surface area (Å²) in [6.07, 6.45) is 1.77. The van der Waals surface area contributed by atoms with Crippen molar-refractivity contribution in [1.29, 1.82) is 0 Å². The third kappa shape index (κ3) is 12.1. The number of benzene rings is 4. The molecule has 0 spiro atoms. The van der Waals surface area contributed by atoms with Gasteiger partial charge in [-0.3, -0.25) is 0 Å². The number of hydrogen-bond donors (Lipinski definition) is 4. The van der Waals surface area contributed by atoms with Gasteiger partial charge in [0.1, 0.15) is 36.1 Å². The van der Waals surface area contributed by atoms with Gasteiger partial charge in [-0.15, -0.1) is 0 Å². The third-order valence-electron chi connectivity index (χ3n) is 12.2. The maximum Gasteiger partial charge on any atom is 0.119 e. The zero-order valence-electron chi connectivity index (χ0n) is 35.8. The van der Waals surface area contributed by atoms with Crippen molar-refractivity contribution in [2.45, 2.75) is 135 Å². The first-order valence-electron chi connectivity index (χ1n) is 20.7. The van der Waals surface area contributed by atoms with Crippen LogP contribution in [0, 0.1) is 0 Å². The molecule has 4 aromatic carbocycles. The third-order valence-corrected chi connectivity index (χ3v) is 12.2. The minimum absolute atomic E-state index is 0.0972. The van der Waals surface area contributed by atoms with Crippen molar-refractivity contribution < 1.29 is 39.4 Å². The highest BCUT2D eigenvalue weighted by atomic mass is 16.5. The van der Waals surface area contributed by atoms with Gasteiger partial charge in [0.25, 0.3) is 0 Å². The van der Waals surface area contributed by atoms with Gasteiger partial charge >= 0.3 is 0 Å². The van der Waals surface area contributed by atoms with Crippen molar-refractivity contribution in [1.82, 2.24) is 0 Å². The Morgan fingerprint density at radius 3 is 1.23 bits per heavy atom. The number of hydrogen-bond acceptors (Lipinski definition) is 8. The summed E-state index contributed by atoms with van der Waals surface area (Å²) in [7, 11) is 0. The van der Waals surface area contributed by atoms with Crippen LogP contribution in [0.25, 0.3) is 0 Å². The van der Waals surface area contributed by atoms with E-state index in [1.165, 1.54) is 0 Å². The second-order valence-electron chi connectivity index (χ2n) is 16.7. The number of ether oxygens (including phenoxy) is 4. The molecule has 0 radical (unpaired) electrons. The molecule has 0 bridgehead atoms. The normalized spacial score (nSPS) is 14.3. The summed E-state index contributed by atoms with van der Waals surface area (Å²) < 4.78 is 25.2. The van der Waals surface area contributed by atoms with Crippen molar-refractivity contribution in [3.8, 4) is 17.2 Å². The zero-order chi connectivity index (χ0) is 41.9. The quantitative estimate of drug-likeness (QED) is 0.0587. The Kier molecular flexibility index (Phi) is 16.2. The highest BCUT2D eigenvalue weighted by molar-refractivity contribution is 5.42. The minimum atomic E-state index is -0.822. The largest absolute Gasteiger partial charge is 0.508 e. The van der Waals surface area contributed by atoms with E-state index in [2.05, 4.69) is 79.7 Å². The Bertz CT molecular complexity index is 1760. The van der Waals surface area contributed by atoms with Gasteiger partial charge in [0, 0.05) is 17.3 Å². The fraction of sp³-hybridized carbons (Fsp3) is 0.510. The van der Waals surface area contributed by atoms with E-state index < -0.39 is 23.4 Å². The van der Waals surface area contributed by atoms with E-state index in [9.17, 15) is 20.4 Å². The van der Waals surface area contributed by atoms with Gasteiger partial charge in [-0.25, -0.2) is 0 Å². The first-order valence-corrected chi connectivity index (χ1v) is 20.7. The molecule has 4 rings (SSSR count). The van der Waals surface area contributed by atoms with E-state index in [0.29, 0.717) is 12.2 Å². The predicted octanol–water partition coefficient (Wildman–Crippen LogP) is 10.2. The van der Waals surface area contributed by atoms with Crippen LogP contribution >= 0.6 is 0 Å². The molecule has 57 heavy (non-hydrogen) atoms. The number of phenols is 2. The van der Waals surface area contributed by atoms with Crippen molar-refractivity contribution in [2.75, 3.05) is 26.4 Å². The second kappa shape index (κ2) is 20.2. The molecule has 3 unspecified atom stereocenters. The van der Waals surface area contributed by atoms with Crippen LogP contribution in [0.15, 0.2) is 97.1 Å². The molecule has 0 saturated carbocycles. The Hall–Kier alpha value is -3.92. The second-order valence-corrected chi connectivity index (χ2v) is 16.7. The van der Waals surface area contributed by atoms with Crippen molar-refractivity contribution in [2.24, 2.45) is 0 Å². The first kappa shape index (κ1) is 45.8. The summed E-state index contributed by atoms with van der Waals surface area (Å²) in [5, 5.41) is 41.3. The Labute approximate surface area is 341 Å². The van der Waals surface area contributed by atoms with Crippen molar-refractivity contribution in [3.63, 3.8) is 0 Å². The molecule has 4 N–H and O–H groups in total. The number of aliphatic hydroxyl groups is 2. The molecule has 0 amide bonds. The lowest BCUT2D eigenvalue weighted by molar-refractivity contribution is -0.163. The minimum Gasteiger partial charge on any atom is -0.508 e. The molecule has 0 aliphatic rings. The molecule has 0 aromatic heterocycles. The van der Waals surface area contributed by atoms with Gasteiger partial charge in [0.15, 0.2) is 0 Å². The van der Waals surface area contributed by atoms with E-state index in [0.717, 1.165) is 53.5 Å². The van der Waals surface area contributed by atoms with Crippen molar-refractivity contribution >= 4 is 0 Å². The average molecular weight is 785 g/mol. The fourth-order valence-corrected chi connectivity index (χ4v) is 7.51. The smallest absolute Gasteiger partial charge is 0.119 e. The van der Waals surface area contributed by atoms with Crippen molar-refractivity contribution in [3.05, 3.63) is 125 Å². The molecular weight excluding hydrogens is 717 g/mol. The van der Waals surface area contributed by atoms with Gasteiger partial charge in [0.05, 0.1) is 37.1 Å². The summed E-state index contributed by atoms with van der Waals surface area (Å²) in [6, 6.07) is 30.9. The maximum absolute atomic E-state index is 11.0. The summed E-state index contributed by atoms with van der Waals surface area (Å²) in [6.45, 7) is 19.5. The lowest BCUT2D eigenvalue weighted by atomic mass is 9.78. The number of aliphatic hydroxyl groups excluding tert-OH is 2. The summed E-state index contributed by atoms with van der Waals surface area (Å²) in [5.74, 6) is 1.17. The maximum atomic E-state index is 11.0. The van der Waals surface area contributed by atoms with Crippen LogP contribution in [-0.4, -0.2) is 70.3 Å². The number of phenolic OH excluding ortho intramolecular Hbond substituents is 2. The average Bonchev–Trinajstić information content (AvgIpc) is 3.22. The summed E-state index contributed by atoms with van der Waals surface area (Å²) >= 11 is 0. The van der Waals surface area contributed by atoms with Crippen LogP contribution in [0.3, 0.4) is 0 Å². The molecule has 8 heteroatoms. The van der Waals surface area contributed by atoms with Gasteiger partial charge < -0.3 is 39.4 Å². The monoisotopic (exact) mass is 784 g/mol. The molecule has 0 aliphatic carbocycles. The number of rotatable bonds is 23. The van der Waals surface area contributed by atoms with Crippen LogP contribution in [0.5, 0.6) is 17.2 Å². The van der Waals surface area contributed by atoms with E-state index >= 15 is 0 Å². The summed E-state index contributed by atoms with van der Waals surface area (Å²) in [4.78, 5) is 0. The van der Waals surface area contributed by atoms with Crippen LogP contribution in [0.1, 0.15) is 128 Å². The predicted molar refractivity (Wildman–Crippen MR) is 228 cm³/mol. The number of aromatic hydroxyl groups is 2. The van der Waals surface area contributed by atoms with Crippen LogP contribution in [-0.2, 0) is 25.0 Å². The van der Waals surface area contributed by atoms with E-state index in [4.69, 9.17) is 18.9 Å². The molecule has 8 nitrogen and oxygen atoms in total. The molecule has 0 aliphatic heterocycles. The van der Waals surface area contributed by atoms with E-state index in [1.807, 2.05) is 55.5 Å². The zero-order valence-corrected chi connectivity index (χ0v) is 35.8. The molecule has 0 fully saturated rings. The highest BCUT2D eigenvalue weighted by Gasteiger charge is 2.40. The Balaban J connectivity index is 1.26. The SMILES string of the molecule is CCC(CC)(CC(CC)(CC)OCC(O)COC(C)c1ccc(C(C)(C)c2ccc(O)cc2)cc1)OCC(O)COc1ccc(C(C)(C)c2ccc(O)cc2)cc1. The summed E-state index contributed by atoms with van der Waals surface area (Å²) in [5.41, 5.74) is 3.98. The fourth-order valence-electron chi connectivity index (χ4n) is 7.51. The van der Waals surface area contributed by atoms with Gasteiger partial charge in [-0.1, -0.05) is 116 Å². The lowest BCUT2D eigenvalue weighted by Crippen LogP contribution is -2.46. The van der Waals surface area contributed by atoms with Gasteiger partial charge in [-0.2, -0.15) is 0 Å². The molecule has 4 aromatic rings. The van der Waals surface area contributed by atoms with Crippen LogP contribution in [0.2, 0.25) is 0 Å². The lowest BCUT2D eigenvalue weighted by Gasteiger charge is -2.43. The van der Waals surface area contributed by atoms with E-state index in [-0.39, 0.29) is 54.9 Å². The van der Waals surface area contributed by atoms with E-state index in [1.54, 1.807) is 24.3 Å². The molecule has 3 atom stereocenters. The molecular formula is C49H68O8. The van der Waals surface area contributed by atoms with Crippen LogP contribution in [0.4, 0.5) is 0 Å². The topological polar surface area (TPSA) is 118 Å². The molecule has 0 heterocycles. The Morgan fingerprint density at radius 2 is 0.842 bits per heavy atom. The standard InChI is InChI=1S/C49H68O8/c1-10-48(11-2,56-32-43(52)30-54-35(5)36-14-16-37(17-15-36)46(6,7)38-18-24-41(50)25-19-38)34-49(12-3,13-4)57-33-44(53)31-55-45-28-22-40(23-29-45)47(8,9)39-20-26-42(51)27-21-39/h14-29,35,43-44,50-53H,10-13,30-34H2,1-9H3. The van der Waals surface area contributed by atoms with Crippen LogP contribution < -0.4 is 4.74 Å². The van der Waals surface area contributed by atoms with Gasteiger partial charge in [-0.05, 0) is 96.8 Å².